The first-order chi connectivity index (χ1) is 23.5. The summed E-state index contributed by atoms with van der Waals surface area (Å²) >= 11 is 0. The molecule has 0 aromatic heterocycles. The van der Waals surface area contributed by atoms with E-state index < -0.39 is 37.9 Å². The van der Waals surface area contributed by atoms with Crippen LogP contribution in [0.3, 0.4) is 0 Å². The fourth-order valence-corrected chi connectivity index (χ4v) is 23.5. The second-order valence-electron chi connectivity index (χ2n) is 12.0. The molecule has 0 aliphatic heterocycles. The van der Waals surface area contributed by atoms with Gasteiger partial charge in [-0.25, -0.2) is 0 Å². The fourth-order valence-electron chi connectivity index (χ4n) is 7.65. The first-order valence-corrected chi connectivity index (χ1v) is 19.8. The van der Waals surface area contributed by atoms with Crippen LogP contribution >= 0.6 is 14.5 Å². The van der Waals surface area contributed by atoms with Gasteiger partial charge >= 0.3 is 283 Å². The number of rotatable bonds is 9. The van der Waals surface area contributed by atoms with Gasteiger partial charge in [0.1, 0.15) is 0 Å². The molecule has 0 radical (unpaired) electrons. The Balaban J connectivity index is 2.02. The summed E-state index contributed by atoms with van der Waals surface area (Å²) in [6, 6.07) is 49.1. The van der Waals surface area contributed by atoms with Crippen LogP contribution in [0.1, 0.15) is 0 Å². The van der Waals surface area contributed by atoms with Gasteiger partial charge in [0.2, 0.25) is 0 Å². The average molecular weight is 707 g/mol. The number of aliphatic hydroxyl groups is 1. The first-order valence-electron chi connectivity index (χ1n) is 15.7. The van der Waals surface area contributed by atoms with E-state index in [0.717, 1.165) is 0 Å². The summed E-state index contributed by atoms with van der Waals surface area (Å²) in [5.74, 6) is 0. The molecule has 0 unspecified atom stereocenters. The van der Waals surface area contributed by atoms with Crippen LogP contribution in [-0.2, 0) is 0 Å². The van der Waals surface area contributed by atoms with Crippen molar-refractivity contribution in [1.29, 1.82) is 0 Å². The number of halogens is 6. The molecule has 0 amide bonds. The van der Waals surface area contributed by atoms with Crippen LogP contribution in [0.2, 0.25) is 0 Å². The zero-order valence-electron chi connectivity index (χ0n) is 26.1. The summed E-state index contributed by atoms with van der Waals surface area (Å²) in [4.78, 5) is 0. The summed E-state index contributed by atoms with van der Waals surface area (Å²) in [5, 5.41) is 11.8. The Morgan fingerprint density at radius 1 is 0.327 bits per heavy atom. The van der Waals surface area contributed by atoms with Crippen molar-refractivity contribution in [3.63, 3.8) is 0 Å². The average Bonchev–Trinajstić information content (AvgIpc) is 3.13. The molecule has 6 aromatic rings. The molecule has 0 aliphatic rings. The SMILES string of the molecule is OC(C([PH](c1ccccc1)(c1ccccc1)c1ccccc1)[PH](c1ccccc1)(c1ccccc1)c1ccccc1)(C(F)(F)F)C(F)(F)F. The number of alkyl halides is 6. The van der Waals surface area contributed by atoms with E-state index in [0.29, 0.717) is 31.8 Å². The van der Waals surface area contributed by atoms with E-state index >= 15 is 26.3 Å². The third-order valence-electron chi connectivity index (χ3n) is 9.52. The van der Waals surface area contributed by atoms with Gasteiger partial charge < -0.3 is 0 Å². The molecule has 6 rings (SSSR count). The van der Waals surface area contributed by atoms with Gasteiger partial charge in [0.15, 0.2) is 0 Å². The zero-order chi connectivity index (χ0) is 34.8. The molecule has 0 heterocycles. The third kappa shape index (κ3) is 5.68. The molecule has 9 heteroatoms. The Morgan fingerprint density at radius 2 is 0.490 bits per heavy atom. The zero-order valence-corrected chi connectivity index (χ0v) is 28.1. The van der Waals surface area contributed by atoms with Gasteiger partial charge in [-0.3, -0.25) is 0 Å². The predicted octanol–water partition coefficient (Wildman–Crippen LogP) is 7.62. The van der Waals surface area contributed by atoms with E-state index in [1.807, 2.05) is 0 Å². The van der Waals surface area contributed by atoms with Gasteiger partial charge in [0, 0.05) is 0 Å². The van der Waals surface area contributed by atoms with Crippen LogP contribution in [0.15, 0.2) is 182 Å². The van der Waals surface area contributed by atoms with Crippen molar-refractivity contribution in [3.05, 3.63) is 182 Å². The van der Waals surface area contributed by atoms with Crippen LogP contribution in [0.5, 0.6) is 0 Å². The molecule has 0 atom stereocenters. The monoisotopic (exact) mass is 706 g/mol. The maximum atomic E-state index is 16.1. The minimum absolute atomic E-state index is 0.309. The van der Waals surface area contributed by atoms with Crippen LogP contribution < -0.4 is 31.8 Å². The van der Waals surface area contributed by atoms with E-state index in [9.17, 15) is 5.11 Å². The van der Waals surface area contributed by atoms with Crippen molar-refractivity contribution in [3.8, 4) is 0 Å². The van der Waals surface area contributed by atoms with Gasteiger partial charge in [0.05, 0.1) is 0 Å². The molecule has 6 aromatic carbocycles. The third-order valence-corrected chi connectivity index (χ3v) is 22.2. The first kappa shape index (κ1) is 34.6. The van der Waals surface area contributed by atoms with E-state index in [1.54, 1.807) is 182 Å². The molecule has 0 spiro atoms. The van der Waals surface area contributed by atoms with Crippen molar-refractivity contribution in [2.24, 2.45) is 0 Å². The Hall–Kier alpha value is -4.28. The Morgan fingerprint density at radius 3 is 0.633 bits per heavy atom. The molecular formula is C40H34F6OP2. The topological polar surface area (TPSA) is 20.2 Å². The summed E-state index contributed by atoms with van der Waals surface area (Å²) in [5.41, 5.74) is -5.19. The summed E-state index contributed by atoms with van der Waals surface area (Å²) in [6.45, 7) is 0. The van der Waals surface area contributed by atoms with E-state index in [4.69, 9.17) is 0 Å². The molecule has 0 saturated carbocycles. The fraction of sp³-hybridized carbons (Fsp3) is 0.100. The van der Waals surface area contributed by atoms with Gasteiger partial charge in [0.25, 0.3) is 0 Å². The second-order valence-corrected chi connectivity index (χ2v) is 20.4. The summed E-state index contributed by atoms with van der Waals surface area (Å²) in [7, 11) is -9.44. The Labute approximate surface area is 282 Å². The van der Waals surface area contributed by atoms with Crippen LogP contribution in [0.25, 0.3) is 0 Å². The van der Waals surface area contributed by atoms with Crippen molar-refractivity contribution in [2.45, 2.75) is 23.4 Å². The quantitative estimate of drug-likeness (QED) is 0.121. The van der Waals surface area contributed by atoms with Crippen molar-refractivity contribution < 1.29 is 31.4 Å². The second kappa shape index (κ2) is 13.6. The molecular weight excluding hydrogens is 672 g/mol. The van der Waals surface area contributed by atoms with Crippen molar-refractivity contribution >= 4 is 46.4 Å². The van der Waals surface area contributed by atoms with Gasteiger partial charge in [-0.1, -0.05) is 0 Å². The standard InChI is InChI=1S/C40H34F6OP2/c41-39(42,43)38(47,40(44,45)46)37(48(31-19-7-1-8-20-31,32-21-9-2-10-22-32)33-23-11-3-12-24-33)49(34-25-13-4-14-26-34,35-27-15-5-16-28-35)36-29-17-6-18-30-36/h1-30,37,47-49H. The van der Waals surface area contributed by atoms with Crippen molar-refractivity contribution in [1.82, 2.24) is 0 Å². The molecule has 252 valence electrons. The van der Waals surface area contributed by atoms with E-state index in [2.05, 4.69) is 0 Å². The van der Waals surface area contributed by atoms with E-state index in [1.165, 1.54) is 0 Å². The normalized spacial score (nSPS) is 14.2. The molecule has 0 fully saturated rings. The molecule has 1 N–H and O–H groups in total. The Kier molecular flexibility index (Phi) is 9.57. The van der Waals surface area contributed by atoms with Gasteiger partial charge in [-0.15, -0.1) is 0 Å². The number of hydrogen-bond donors (Lipinski definition) is 1. The summed E-state index contributed by atoms with van der Waals surface area (Å²) < 4.78 is 96.5. The number of hydrogen-bond acceptors (Lipinski definition) is 1. The predicted molar refractivity (Wildman–Crippen MR) is 194 cm³/mol. The molecule has 1 nitrogen and oxygen atoms in total. The molecule has 0 saturated heterocycles. The maximum absolute atomic E-state index is 16.1. The van der Waals surface area contributed by atoms with Crippen molar-refractivity contribution in [2.75, 3.05) is 0 Å². The van der Waals surface area contributed by atoms with Gasteiger partial charge in [-0.2, -0.15) is 0 Å². The number of benzene rings is 6. The molecule has 0 aliphatic carbocycles. The summed E-state index contributed by atoms with van der Waals surface area (Å²) in [6.07, 6.45) is -12.3. The van der Waals surface area contributed by atoms with Gasteiger partial charge in [-0.05, 0) is 0 Å². The van der Waals surface area contributed by atoms with Crippen LogP contribution in [-0.4, -0.2) is 28.5 Å². The minimum atomic E-state index is -6.15. The molecule has 49 heavy (non-hydrogen) atoms. The van der Waals surface area contributed by atoms with E-state index in [-0.39, 0.29) is 0 Å². The van der Waals surface area contributed by atoms with Crippen LogP contribution in [0, 0.1) is 0 Å². The van der Waals surface area contributed by atoms with Crippen LogP contribution in [0.4, 0.5) is 26.3 Å². The Bertz CT molecular complexity index is 1600. The molecule has 0 bridgehead atoms.